The molecule has 0 amide bonds. The molecule has 0 spiro atoms. The molecule has 0 fully saturated rings. The molecule has 0 aliphatic carbocycles. The third-order valence-corrected chi connectivity index (χ3v) is 2.37. The van der Waals surface area contributed by atoms with Crippen LogP contribution in [-0.2, 0) is 16.1 Å². The standard InChI is InChI=1S/C11H9FO2/c1-2-7-3-4-8-9(11(7)12)6-14-10(8)5-13/h2-5,10H,1,6H2. The Labute approximate surface area is 81.0 Å². The van der Waals surface area contributed by atoms with E-state index < -0.39 is 6.10 Å². The lowest BCUT2D eigenvalue weighted by Gasteiger charge is -2.03. The van der Waals surface area contributed by atoms with Gasteiger partial charge in [-0.15, -0.1) is 0 Å². The maximum Gasteiger partial charge on any atom is 0.153 e. The molecular formula is C11H9FO2. The first kappa shape index (κ1) is 9.09. The third kappa shape index (κ3) is 1.17. The van der Waals surface area contributed by atoms with Gasteiger partial charge in [0.05, 0.1) is 6.61 Å². The summed E-state index contributed by atoms with van der Waals surface area (Å²) < 4.78 is 18.7. The zero-order chi connectivity index (χ0) is 10.1. The first-order valence-electron chi connectivity index (χ1n) is 4.28. The Balaban J connectivity index is 2.57. The van der Waals surface area contributed by atoms with Crippen molar-refractivity contribution in [1.82, 2.24) is 0 Å². The van der Waals surface area contributed by atoms with E-state index in [4.69, 9.17) is 4.74 Å². The van der Waals surface area contributed by atoms with Crippen LogP contribution in [0.4, 0.5) is 4.39 Å². The van der Waals surface area contributed by atoms with Crippen molar-refractivity contribution in [1.29, 1.82) is 0 Å². The number of hydrogen-bond donors (Lipinski definition) is 0. The van der Waals surface area contributed by atoms with Gasteiger partial charge in [0, 0.05) is 11.1 Å². The molecule has 0 radical (unpaired) electrons. The van der Waals surface area contributed by atoms with Crippen LogP contribution in [-0.4, -0.2) is 6.29 Å². The largest absolute Gasteiger partial charge is 0.361 e. The van der Waals surface area contributed by atoms with Gasteiger partial charge in [-0.05, 0) is 5.56 Å². The smallest absolute Gasteiger partial charge is 0.153 e. The molecule has 72 valence electrons. The van der Waals surface area contributed by atoms with Gasteiger partial charge in [0.25, 0.3) is 0 Å². The summed E-state index contributed by atoms with van der Waals surface area (Å²) in [4.78, 5) is 10.6. The molecule has 0 N–H and O–H groups in total. The third-order valence-electron chi connectivity index (χ3n) is 2.37. The Hall–Kier alpha value is -1.48. The molecule has 1 unspecified atom stereocenters. The fourth-order valence-corrected chi connectivity index (χ4v) is 1.60. The highest BCUT2D eigenvalue weighted by molar-refractivity contribution is 5.64. The molecule has 0 saturated carbocycles. The van der Waals surface area contributed by atoms with Gasteiger partial charge in [-0.1, -0.05) is 24.8 Å². The van der Waals surface area contributed by atoms with Gasteiger partial charge in [0.1, 0.15) is 11.9 Å². The maximum absolute atomic E-state index is 13.6. The lowest BCUT2D eigenvalue weighted by molar-refractivity contribution is -0.117. The average Bonchev–Trinajstić information content (AvgIpc) is 2.62. The Kier molecular flexibility index (Phi) is 2.17. The van der Waals surface area contributed by atoms with Crippen LogP contribution < -0.4 is 0 Å². The summed E-state index contributed by atoms with van der Waals surface area (Å²) in [6.07, 6.45) is 1.52. The van der Waals surface area contributed by atoms with Crippen molar-refractivity contribution < 1.29 is 13.9 Å². The predicted molar refractivity (Wildman–Crippen MR) is 50.1 cm³/mol. The van der Waals surface area contributed by atoms with Crippen LogP contribution in [0.5, 0.6) is 0 Å². The van der Waals surface area contributed by atoms with Gasteiger partial charge in [0.15, 0.2) is 6.29 Å². The normalized spacial score (nSPS) is 19.1. The average molecular weight is 192 g/mol. The first-order chi connectivity index (χ1) is 6.77. The number of ether oxygens (including phenoxy) is 1. The zero-order valence-electron chi connectivity index (χ0n) is 7.50. The number of aldehydes is 1. The monoisotopic (exact) mass is 192 g/mol. The molecule has 2 nitrogen and oxygen atoms in total. The molecule has 0 bridgehead atoms. The van der Waals surface area contributed by atoms with Crippen LogP contribution >= 0.6 is 0 Å². The van der Waals surface area contributed by atoms with Crippen LogP contribution in [0.15, 0.2) is 18.7 Å². The number of benzene rings is 1. The molecule has 3 heteroatoms. The lowest BCUT2D eigenvalue weighted by atomic mass is 10.0. The maximum atomic E-state index is 13.6. The summed E-state index contributed by atoms with van der Waals surface area (Å²) >= 11 is 0. The van der Waals surface area contributed by atoms with E-state index in [0.29, 0.717) is 23.0 Å². The summed E-state index contributed by atoms with van der Waals surface area (Å²) in [5.74, 6) is -0.332. The van der Waals surface area contributed by atoms with Crippen molar-refractivity contribution in [3.05, 3.63) is 41.2 Å². The minimum Gasteiger partial charge on any atom is -0.361 e. The molecule has 1 atom stereocenters. The zero-order valence-corrected chi connectivity index (χ0v) is 7.50. The van der Waals surface area contributed by atoms with Gasteiger partial charge in [0.2, 0.25) is 0 Å². The second kappa shape index (κ2) is 3.35. The number of halogens is 1. The summed E-state index contributed by atoms with van der Waals surface area (Å²) in [6.45, 7) is 3.67. The first-order valence-corrected chi connectivity index (χ1v) is 4.28. The van der Waals surface area contributed by atoms with Crippen molar-refractivity contribution >= 4 is 12.4 Å². The van der Waals surface area contributed by atoms with Gasteiger partial charge in [-0.25, -0.2) is 4.39 Å². The Bertz CT molecular complexity index is 399. The molecule has 0 saturated heterocycles. The minimum absolute atomic E-state index is 0.159. The fraction of sp³-hybridized carbons (Fsp3) is 0.182. The van der Waals surface area contributed by atoms with E-state index in [1.807, 2.05) is 0 Å². The number of carbonyl (C=O) groups is 1. The second-order valence-electron chi connectivity index (χ2n) is 3.11. The van der Waals surface area contributed by atoms with E-state index in [9.17, 15) is 9.18 Å². The van der Waals surface area contributed by atoms with Crippen molar-refractivity contribution in [2.24, 2.45) is 0 Å². The molecule has 1 aliphatic heterocycles. The molecule has 1 heterocycles. The van der Waals surface area contributed by atoms with E-state index >= 15 is 0 Å². The number of rotatable bonds is 2. The highest BCUT2D eigenvalue weighted by atomic mass is 19.1. The minimum atomic E-state index is -0.613. The molecule has 1 aliphatic rings. The summed E-state index contributed by atoms with van der Waals surface area (Å²) in [7, 11) is 0. The van der Waals surface area contributed by atoms with E-state index in [1.165, 1.54) is 6.08 Å². The van der Waals surface area contributed by atoms with E-state index in [0.717, 1.165) is 0 Å². The van der Waals surface area contributed by atoms with Crippen molar-refractivity contribution in [3.63, 3.8) is 0 Å². The second-order valence-corrected chi connectivity index (χ2v) is 3.11. The Morgan fingerprint density at radius 3 is 3.00 bits per heavy atom. The molecule has 1 aromatic carbocycles. The molecule has 1 aromatic rings. The molecule has 2 rings (SSSR count). The van der Waals surface area contributed by atoms with Crippen molar-refractivity contribution in [3.8, 4) is 0 Å². The van der Waals surface area contributed by atoms with Gasteiger partial charge >= 0.3 is 0 Å². The van der Waals surface area contributed by atoms with Crippen LogP contribution in [0.3, 0.4) is 0 Å². The van der Waals surface area contributed by atoms with Crippen LogP contribution in [0.25, 0.3) is 6.08 Å². The molecule has 14 heavy (non-hydrogen) atoms. The fourth-order valence-electron chi connectivity index (χ4n) is 1.60. The summed E-state index contributed by atoms with van der Waals surface area (Å²) in [5, 5.41) is 0. The molecular weight excluding hydrogens is 183 g/mol. The van der Waals surface area contributed by atoms with Crippen LogP contribution in [0.1, 0.15) is 22.8 Å². The number of hydrogen-bond acceptors (Lipinski definition) is 2. The van der Waals surface area contributed by atoms with Gasteiger partial charge in [-0.3, -0.25) is 0 Å². The topological polar surface area (TPSA) is 26.3 Å². The Morgan fingerprint density at radius 1 is 1.57 bits per heavy atom. The highest BCUT2D eigenvalue weighted by Gasteiger charge is 2.26. The SMILES string of the molecule is C=Cc1ccc2c(c1F)COC2C=O. The summed E-state index contributed by atoms with van der Waals surface area (Å²) in [5.41, 5.74) is 1.54. The quantitative estimate of drug-likeness (QED) is 0.672. The predicted octanol–water partition coefficient (Wildman–Crippen LogP) is 2.24. The van der Waals surface area contributed by atoms with Gasteiger partial charge < -0.3 is 9.53 Å². The summed E-state index contributed by atoms with van der Waals surface area (Å²) in [6, 6.07) is 3.31. The number of carbonyl (C=O) groups excluding carboxylic acids is 1. The van der Waals surface area contributed by atoms with E-state index in [2.05, 4.69) is 6.58 Å². The van der Waals surface area contributed by atoms with Gasteiger partial charge in [-0.2, -0.15) is 0 Å². The highest BCUT2D eigenvalue weighted by Crippen LogP contribution is 2.32. The van der Waals surface area contributed by atoms with Crippen LogP contribution in [0.2, 0.25) is 0 Å². The number of fused-ring (bicyclic) bond motifs is 1. The van der Waals surface area contributed by atoms with Crippen LogP contribution in [0, 0.1) is 5.82 Å². The molecule has 0 aromatic heterocycles. The Morgan fingerprint density at radius 2 is 2.36 bits per heavy atom. The van der Waals surface area contributed by atoms with Crippen molar-refractivity contribution in [2.75, 3.05) is 0 Å². The van der Waals surface area contributed by atoms with Crippen molar-refractivity contribution in [2.45, 2.75) is 12.7 Å². The van der Waals surface area contributed by atoms with E-state index in [1.54, 1.807) is 12.1 Å². The van der Waals surface area contributed by atoms with E-state index in [-0.39, 0.29) is 12.4 Å². The lowest BCUT2D eigenvalue weighted by Crippen LogP contribution is -1.97.